The first-order valence-electron chi connectivity index (χ1n) is 4.39. The average Bonchev–Trinajstić information content (AvgIpc) is 2.43. The molecule has 1 N–H and O–H groups in total. The van der Waals surface area contributed by atoms with Crippen molar-refractivity contribution in [2.45, 2.75) is 19.4 Å². The third-order valence-corrected chi connectivity index (χ3v) is 2.79. The molecule has 2 atom stereocenters. The first-order chi connectivity index (χ1) is 5.79. The lowest BCUT2D eigenvalue weighted by Gasteiger charge is -2.23. The minimum atomic E-state index is 0.261. The van der Waals surface area contributed by atoms with E-state index in [-0.39, 0.29) is 6.61 Å². The van der Waals surface area contributed by atoms with E-state index in [0.717, 1.165) is 13.1 Å². The smallest absolute Gasteiger partial charge is 0.0589 e. The fourth-order valence-electron chi connectivity index (χ4n) is 1.78. The summed E-state index contributed by atoms with van der Waals surface area (Å²) in [6.45, 7) is 4.38. The Labute approximate surface area is 78.8 Å². The van der Waals surface area contributed by atoms with Gasteiger partial charge in [-0.05, 0) is 18.9 Å². The summed E-state index contributed by atoms with van der Waals surface area (Å²) in [6.07, 6.45) is 3.10. The van der Waals surface area contributed by atoms with E-state index in [1.807, 2.05) is 6.08 Å². The van der Waals surface area contributed by atoms with E-state index in [4.69, 9.17) is 16.7 Å². The van der Waals surface area contributed by atoms with Crippen LogP contribution in [-0.4, -0.2) is 35.7 Å². The van der Waals surface area contributed by atoms with E-state index in [1.165, 1.54) is 12.0 Å². The number of halogens is 1. The highest BCUT2D eigenvalue weighted by Gasteiger charge is 2.29. The number of hydrogen-bond donors (Lipinski definition) is 1. The van der Waals surface area contributed by atoms with Crippen molar-refractivity contribution in [2.24, 2.45) is 5.92 Å². The molecular weight excluding hydrogens is 174 g/mol. The molecule has 1 rings (SSSR count). The quantitative estimate of drug-likeness (QED) is 0.727. The van der Waals surface area contributed by atoms with Gasteiger partial charge in [-0.15, -0.1) is 0 Å². The largest absolute Gasteiger partial charge is 0.395 e. The maximum Gasteiger partial charge on any atom is 0.0589 e. The van der Waals surface area contributed by atoms with E-state index < -0.39 is 0 Å². The minimum absolute atomic E-state index is 0.261. The third kappa shape index (κ3) is 2.22. The molecule has 1 saturated heterocycles. The predicted octanol–water partition coefficient (Wildman–Crippen LogP) is 1.44. The van der Waals surface area contributed by atoms with Crippen LogP contribution in [0.1, 0.15) is 13.3 Å². The zero-order valence-electron chi connectivity index (χ0n) is 7.41. The molecule has 0 aromatic heterocycles. The van der Waals surface area contributed by atoms with Crippen molar-refractivity contribution in [3.05, 3.63) is 11.6 Å². The molecule has 2 nitrogen and oxygen atoms in total. The number of nitrogens with zero attached hydrogens (tertiary/aromatic N) is 1. The molecule has 0 aromatic rings. The maximum absolute atomic E-state index is 9.11. The minimum Gasteiger partial charge on any atom is -0.395 e. The van der Waals surface area contributed by atoms with Gasteiger partial charge in [0.05, 0.1) is 6.61 Å². The number of aliphatic hydroxyl groups is 1. The SMILES string of the molecule is CC1CCN(C/C=C/Cl)C1CO. The zero-order valence-corrected chi connectivity index (χ0v) is 8.17. The fraction of sp³-hybridized carbons (Fsp3) is 0.778. The van der Waals surface area contributed by atoms with Gasteiger partial charge >= 0.3 is 0 Å². The van der Waals surface area contributed by atoms with Crippen LogP contribution < -0.4 is 0 Å². The average molecular weight is 190 g/mol. The summed E-state index contributed by atoms with van der Waals surface area (Å²) in [6, 6.07) is 0.331. The Balaban J connectivity index is 2.42. The lowest BCUT2D eigenvalue weighted by molar-refractivity contribution is 0.149. The van der Waals surface area contributed by atoms with E-state index in [0.29, 0.717) is 12.0 Å². The highest BCUT2D eigenvalue weighted by Crippen LogP contribution is 2.22. The number of aliphatic hydroxyl groups excluding tert-OH is 1. The van der Waals surface area contributed by atoms with Crippen LogP contribution in [0.4, 0.5) is 0 Å². The van der Waals surface area contributed by atoms with Gasteiger partial charge in [-0.2, -0.15) is 0 Å². The highest BCUT2D eigenvalue weighted by molar-refractivity contribution is 6.25. The number of rotatable bonds is 3. The van der Waals surface area contributed by atoms with Crippen molar-refractivity contribution < 1.29 is 5.11 Å². The Kier molecular flexibility index (Phi) is 4.06. The molecule has 0 radical (unpaired) electrons. The second kappa shape index (κ2) is 4.85. The van der Waals surface area contributed by atoms with Gasteiger partial charge in [-0.3, -0.25) is 4.90 Å². The van der Waals surface area contributed by atoms with Gasteiger partial charge in [0.25, 0.3) is 0 Å². The molecule has 1 heterocycles. The van der Waals surface area contributed by atoms with Crippen LogP contribution >= 0.6 is 11.6 Å². The predicted molar refractivity (Wildman–Crippen MR) is 51.2 cm³/mol. The Morgan fingerprint density at radius 2 is 2.42 bits per heavy atom. The molecular formula is C9H16ClNO. The normalized spacial score (nSPS) is 31.9. The molecule has 0 aliphatic carbocycles. The first-order valence-corrected chi connectivity index (χ1v) is 4.83. The van der Waals surface area contributed by atoms with Gasteiger partial charge in [0, 0.05) is 18.1 Å². The van der Waals surface area contributed by atoms with Gasteiger partial charge in [0.15, 0.2) is 0 Å². The number of likely N-dealkylation sites (tertiary alicyclic amines) is 1. The molecule has 0 aromatic carbocycles. The van der Waals surface area contributed by atoms with Gasteiger partial charge in [0.2, 0.25) is 0 Å². The van der Waals surface area contributed by atoms with Crippen LogP contribution in [0.2, 0.25) is 0 Å². The molecule has 1 aliphatic rings. The van der Waals surface area contributed by atoms with Crippen molar-refractivity contribution in [1.29, 1.82) is 0 Å². The van der Waals surface area contributed by atoms with E-state index in [2.05, 4.69) is 11.8 Å². The number of hydrogen-bond acceptors (Lipinski definition) is 2. The van der Waals surface area contributed by atoms with Crippen molar-refractivity contribution in [3.63, 3.8) is 0 Å². The summed E-state index contributed by atoms with van der Waals surface area (Å²) in [5, 5.41) is 9.11. The molecule has 1 fully saturated rings. The van der Waals surface area contributed by atoms with Crippen molar-refractivity contribution >= 4 is 11.6 Å². The van der Waals surface area contributed by atoms with E-state index in [9.17, 15) is 0 Å². The lowest BCUT2D eigenvalue weighted by Crippen LogP contribution is -2.35. The molecule has 0 amide bonds. The third-order valence-electron chi connectivity index (χ3n) is 2.61. The van der Waals surface area contributed by atoms with Gasteiger partial charge in [-0.25, -0.2) is 0 Å². The molecule has 0 saturated carbocycles. The van der Waals surface area contributed by atoms with E-state index in [1.54, 1.807) is 0 Å². The zero-order chi connectivity index (χ0) is 8.97. The monoisotopic (exact) mass is 189 g/mol. The van der Waals surface area contributed by atoms with Gasteiger partial charge < -0.3 is 5.11 Å². The van der Waals surface area contributed by atoms with Crippen molar-refractivity contribution in [1.82, 2.24) is 4.90 Å². The Hall–Kier alpha value is -0.0500. The van der Waals surface area contributed by atoms with Crippen LogP contribution in [0, 0.1) is 5.92 Å². The molecule has 3 heteroatoms. The molecule has 70 valence electrons. The molecule has 1 aliphatic heterocycles. The first kappa shape index (κ1) is 10.0. The van der Waals surface area contributed by atoms with Crippen molar-refractivity contribution in [3.8, 4) is 0 Å². The second-order valence-corrected chi connectivity index (χ2v) is 3.62. The summed E-state index contributed by atoms with van der Waals surface area (Å²) >= 11 is 5.44. The Morgan fingerprint density at radius 1 is 1.67 bits per heavy atom. The summed E-state index contributed by atoms with van der Waals surface area (Å²) in [5.41, 5.74) is 1.54. The summed E-state index contributed by atoms with van der Waals surface area (Å²) in [7, 11) is 0. The van der Waals surface area contributed by atoms with Crippen LogP contribution in [0.25, 0.3) is 0 Å². The highest BCUT2D eigenvalue weighted by atomic mass is 35.5. The maximum atomic E-state index is 9.11. The second-order valence-electron chi connectivity index (χ2n) is 3.37. The summed E-state index contributed by atoms with van der Waals surface area (Å²) in [4.78, 5) is 2.27. The van der Waals surface area contributed by atoms with Crippen LogP contribution in [0.5, 0.6) is 0 Å². The van der Waals surface area contributed by atoms with Crippen LogP contribution in [0.15, 0.2) is 11.6 Å². The fourth-order valence-corrected chi connectivity index (χ4v) is 1.86. The van der Waals surface area contributed by atoms with Gasteiger partial charge in [-0.1, -0.05) is 24.6 Å². The topological polar surface area (TPSA) is 23.5 Å². The lowest BCUT2D eigenvalue weighted by atomic mass is 10.0. The molecule has 0 spiro atoms. The Morgan fingerprint density at radius 3 is 3.00 bits per heavy atom. The standard InChI is InChI=1S/C9H16ClNO/c1-8-3-6-11(5-2-4-10)9(8)7-12/h2,4,8-9,12H,3,5-7H2,1H3/b4-2+. The summed E-state index contributed by atoms with van der Waals surface area (Å²) in [5.74, 6) is 0.610. The molecule has 12 heavy (non-hydrogen) atoms. The van der Waals surface area contributed by atoms with Gasteiger partial charge in [0.1, 0.15) is 0 Å². The van der Waals surface area contributed by atoms with Crippen LogP contribution in [0.3, 0.4) is 0 Å². The summed E-state index contributed by atoms with van der Waals surface area (Å²) < 4.78 is 0. The molecule has 2 unspecified atom stereocenters. The van der Waals surface area contributed by atoms with E-state index >= 15 is 0 Å². The Bertz CT molecular complexity index is 161. The van der Waals surface area contributed by atoms with Crippen LogP contribution in [-0.2, 0) is 0 Å². The molecule has 0 bridgehead atoms. The van der Waals surface area contributed by atoms with Crippen molar-refractivity contribution in [2.75, 3.05) is 19.7 Å².